The van der Waals surface area contributed by atoms with Gasteiger partial charge in [0.1, 0.15) is 0 Å². The van der Waals surface area contributed by atoms with Crippen LogP contribution in [-0.2, 0) is 0 Å². The summed E-state index contributed by atoms with van der Waals surface area (Å²) in [7, 11) is 0. The van der Waals surface area contributed by atoms with Crippen molar-refractivity contribution >= 4 is 0 Å². The van der Waals surface area contributed by atoms with Gasteiger partial charge in [0, 0.05) is 0 Å². The van der Waals surface area contributed by atoms with Crippen molar-refractivity contribution in [1.82, 2.24) is 0 Å². The van der Waals surface area contributed by atoms with Crippen LogP contribution < -0.4 is 0 Å². The summed E-state index contributed by atoms with van der Waals surface area (Å²) in [5.41, 5.74) is 3.17. The lowest BCUT2D eigenvalue weighted by Crippen LogP contribution is -2.47. The number of hydrogen-bond donors (Lipinski definition) is 2. The number of allylic oxidation sites excluding steroid dienone is 1. The lowest BCUT2D eigenvalue weighted by molar-refractivity contribution is -0.0659. The Kier molecular flexibility index (Phi) is 10.7. The average molecular weight is 609 g/mol. The maximum absolute atomic E-state index is 10.3. The molecular formula is C42H72O2. The molecule has 0 aliphatic heterocycles. The molecule has 6 rings (SSSR count). The van der Waals surface area contributed by atoms with Gasteiger partial charge < -0.3 is 10.2 Å². The van der Waals surface area contributed by atoms with Gasteiger partial charge in [0.25, 0.3) is 0 Å². The molecule has 0 aromatic heterocycles. The summed E-state index contributed by atoms with van der Waals surface area (Å²) in [5.74, 6) is 6.49. The normalized spacial score (nSPS) is 46.3. The van der Waals surface area contributed by atoms with Gasteiger partial charge in [-0.05, 0) is 180 Å². The third kappa shape index (κ3) is 6.66. The molecule has 2 heteroatoms. The maximum atomic E-state index is 10.3. The predicted octanol–water partition coefficient (Wildman–Crippen LogP) is 11.4. The molecule has 6 aliphatic carbocycles. The zero-order valence-corrected chi connectivity index (χ0v) is 29.6. The highest BCUT2D eigenvalue weighted by Gasteiger charge is 2.53. The highest BCUT2D eigenvalue weighted by atomic mass is 16.3. The molecule has 1 unspecified atom stereocenters. The Hall–Kier alpha value is -0.340. The summed E-state index contributed by atoms with van der Waals surface area (Å²) in [4.78, 5) is 0. The number of aliphatic hydroxyl groups is 2. The standard InChI is InChI=1S/C42H72O2/c1-5-31-8-12-35(13-9-31)41(34-10-6-30(2)7-11-34)26-22-32(23-27-41)40(3,4)33-24-28-42(29-25-33,36-14-18-38(43)19-15-36)37-16-20-39(44)21-17-37/h14,30-35,37-39,43-44H,5-13,15-29H2,1-4H3. The van der Waals surface area contributed by atoms with Gasteiger partial charge in [0.05, 0.1) is 12.2 Å². The summed E-state index contributed by atoms with van der Waals surface area (Å²) in [6, 6.07) is 0. The smallest absolute Gasteiger partial charge is 0.0577 e. The molecule has 0 bridgehead atoms. The Morgan fingerprint density at radius 1 is 0.636 bits per heavy atom. The van der Waals surface area contributed by atoms with Crippen molar-refractivity contribution in [2.45, 2.75) is 194 Å². The van der Waals surface area contributed by atoms with Gasteiger partial charge in [-0.15, -0.1) is 0 Å². The highest BCUT2D eigenvalue weighted by Crippen LogP contribution is 2.63. The van der Waals surface area contributed by atoms with Crippen molar-refractivity contribution in [2.24, 2.45) is 57.7 Å². The van der Waals surface area contributed by atoms with E-state index in [1.54, 1.807) is 5.57 Å². The van der Waals surface area contributed by atoms with E-state index < -0.39 is 0 Å². The minimum atomic E-state index is -0.128. The van der Waals surface area contributed by atoms with Crippen LogP contribution in [0.3, 0.4) is 0 Å². The fourth-order valence-corrected chi connectivity index (χ4v) is 13.1. The summed E-state index contributed by atoms with van der Waals surface area (Å²) in [6.07, 6.45) is 34.8. The fourth-order valence-electron chi connectivity index (χ4n) is 13.1. The zero-order chi connectivity index (χ0) is 31.0. The second-order valence-electron chi connectivity index (χ2n) is 18.5. The Balaban J connectivity index is 1.13. The van der Waals surface area contributed by atoms with E-state index in [2.05, 4.69) is 33.8 Å². The van der Waals surface area contributed by atoms with Gasteiger partial charge in [-0.1, -0.05) is 71.4 Å². The van der Waals surface area contributed by atoms with Crippen molar-refractivity contribution in [1.29, 1.82) is 0 Å². The molecule has 5 fully saturated rings. The maximum Gasteiger partial charge on any atom is 0.0577 e. The van der Waals surface area contributed by atoms with Crippen molar-refractivity contribution in [3.63, 3.8) is 0 Å². The molecule has 2 nitrogen and oxygen atoms in total. The van der Waals surface area contributed by atoms with E-state index in [4.69, 9.17) is 0 Å². The van der Waals surface area contributed by atoms with Gasteiger partial charge in [0.2, 0.25) is 0 Å². The van der Waals surface area contributed by atoms with Crippen LogP contribution in [0.5, 0.6) is 0 Å². The first-order valence-electron chi connectivity index (χ1n) is 20.2. The Labute approximate surface area is 273 Å². The van der Waals surface area contributed by atoms with Crippen LogP contribution in [-0.4, -0.2) is 22.4 Å². The predicted molar refractivity (Wildman–Crippen MR) is 185 cm³/mol. The number of aliphatic hydroxyl groups excluding tert-OH is 2. The lowest BCUT2D eigenvalue weighted by Gasteiger charge is -2.57. The van der Waals surface area contributed by atoms with Crippen LogP contribution >= 0.6 is 0 Å². The van der Waals surface area contributed by atoms with E-state index in [-0.39, 0.29) is 12.2 Å². The van der Waals surface area contributed by atoms with Crippen molar-refractivity contribution in [2.75, 3.05) is 0 Å². The monoisotopic (exact) mass is 609 g/mol. The molecule has 0 spiro atoms. The largest absolute Gasteiger partial charge is 0.393 e. The third-order valence-electron chi connectivity index (χ3n) is 16.5. The summed E-state index contributed by atoms with van der Waals surface area (Å²) in [6.45, 7) is 10.3. The molecule has 0 saturated heterocycles. The molecule has 0 heterocycles. The van der Waals surface area contributed by atoms with Crippen LogP contribution in [0.2, 0.25) is 0 Å². The van der Waals surface area contributed by atoms with E-state index >= 15 is 0 Å². The third-order valence-corrected chi connectivity index (χ3v) is 16.5. The van der Waals surface area contributed by atoms with Crippen molar-refractivity contribution < 1.29 is 10.2 Å². The summed E-state index contributed by atoms with van der Waals surface area (Å²) in [5, 5.41) is 20.6. The van der Waals surface area contributed by atoms with E-state index in [1.807, 2.05) is 0 Å². The lowest BCUT2D eigenvalue weighted by atomic mass is 9.48. The molecule has 0 amide bonds. The van der Waals surface area contributed by atoms with E-state index in [0.717, 1.165) is 73.5 Å². The molecule has 5 saturated carbocycles. The van der Waals surface area contributed by atoms with Crippen LogP contribution in [0.15, 0.2) is 11.6 Å². The molecule has 0 aromatic rings. The van der Waals surface area contributed by atoms with Crippen LogP contribution in [0.4, 0.5) is 0 Å². The number of rotatable bonds is 7. The first-order valence-corrected chi connectivity index (χ1v) is 20.2. The minimum absolute atomic E-state index is 0.0714. The van der Waals surface area contributed by atoms with Crippen LogP contribution in [0.1, 0.15) is 182 Å². The highest BCUT2D eigenvalue weighted by molar-refractivity contribution is 5.21. The van der Waals surface area contributed by atoms with E-state index in [9.17, 15) is 10.2 Å². The van der Waals surface area contributed by atoms with Gasteiger partial charge in [0.15, 0.2) is 0 Å². The van der Waals surface area contributed by atoms with Gasteiger partial charge in [-0.25, -0.2) is 0 Å². The van der Waals surface area contributed by atoms with Crippen molar-refractivity contribution in [3.8, 4) is 0 Å². The molecular weight excluding hydrogens is 536 g/mol. The second-order valence-corrected chi connectivity index (χ2v) is 18.5. The average Bonchev–Trinajstić information content (AvgIpc) is 3.06. The molecule has 0 aromatic carbocycles. The Morgan fingerprint density at radius 2 is 1.16 bits per heavy atom. The molecule has 6 aliphatic rings. The number of hydrogen-bond acceptors (Lipinski definition) is 2. The zero-order valence-electron chi connectivity index (χ0n) is 29.6. The Morgan fingerprint density at radius 3 is 1.68 bits per heavy atom. The Bertz CT molecular complexity index is 923. The molecule has 44 heavy (non-hydrogen) atoms. The fraction of sp³-hybridized carbons (Fsp3) is 0.952. The van der Waals surface area contributed by atoms with Crippen LogP contribution in [0, 0.1) is 57.7 Å². The summed E-state index contributed by atoms with van der Waals surface area (Å²) < 4.78 is 0. The van der Waals surface area contributed by atoms with E-state index in [1.165, 1.54) is 122 Å². The summed E-state index contributed by atoms with van der Waals surface area (Å²) >= 11 is 0. The minimum Gasteiger partial charge on any atom is -0.393 e. The van der Waals surface area contributed by atoms with Crippen molar-refractivity contribution in [3.05, 3.63) is 11.6 Å². The second kappa shape index (κ2) is 14.0. The molecule has 252 valence electrons. The van der Waals surface area contributed by atoms with Gasteiger partial charge >= 0.3 is 0 Å². The van der Waals surface area contributed by atoms with Gasteiger partial charge in [-0.2, -0.15) is 0 Å². The quantitative estimate of drug-likeness (QED) is 0.282. The van der Waals surface area contributed by atoms with Crippen LogP contribution in [0.25, 0.3) is 0 Å². The first-order chi connectivity index (χ1) is 21.2. The van der Waals surface area contributed by atoms with E-state index in [0.29, 0.717) is 16.2 Å². The molecule has 0 radical (unpaired) electrons. The van der Waals surface area contributed by atoms with Gasteiger partial charge in [-0.3, -0.25) is 0 Å². The molecule has 2 N–H and O–H groups in total. The SMILES string of the molecule is CCC1CCC(C2(C3CCC(C)CC3)CCC(C(C)(C)C3CCC(C4=CCC(O)CC4)(C4CCC(O)CC4)CC3)CC2)CC1. The molecule has 1 atom stereocenters. The topological polar surface area (TPSA) is 40.5 Å². The first kappa shape index (κ1) is 33.6.